The maximum Gasteiger partial charge on any atom is 0.0214 e. The lowest BCUT2D eigenvalue weighted by atomic mass is 10.0. The van der Waals surface area contributed by atoms with Gasteiger partial charge in [-0.1, -0.05) is 66.7 Å². The first-order valence-electron chi connectivity index (χ1n) is 7.06. The Morgan fingerprint density at radius 1 is 0.700 bits per heavy atom. The van der Waals surface area contributed by atoms with Crippen LogP contribution in [0.3, 0.4) is 0 Å². The minimum Gasteiger partial charge on any atom is -0.309 e. The predicted molar refractivity (Wildman–Crippen MR) is 85.7 cm³/mol. The zero-order valence-electron chi connectivity index (χ0n) is 11.8. The first-order valence-corrected chi connectivity index (χ1v) is 7.06. The smallest absolute Gasteiger partial charge is 0.0214 e. The maximum absolute atomic E-state index is 3.55. The van der Waals surface area contributed by atoms with E-state index in [1.54, 1.807) is 0 Å². The summed E-state index contributed by atoms with van der Waals surface area (Å²) in [5.41, 5.74) is 4.07. The van der Waals surface area contributed by atoms with Gasteiger partial charge in [-0.3, -0.25) is 0 Å². The second-order valence-corrected chi connectivity index (χ2v) is 5.17. The number of hydrogen-bond acceptors (Lipinski definition) is 1. The summed E-state index contributed by atoms with van der Waals surface area (Å²) in [4.78, 5) is 0. The molecule has 0 aromatic heterocycles. The van der Waals surface area contributed by atoms with Gasteiger partial charge in [-0.2, -0.15) is 0 Å². The Hall–Kier alpha value is -2.12. The van der Waals surface area contributed by atoms with Gasteiger partial charge in [0.2, 0.25) is 0 Å². The van der Waals surface area contributed by atoms with E-state index in [0.717, 1.165) is 13.1 Å². The van der Waals surface area contributed by atoms with E-state index in [0.29, 0.717) is 0 Å². The standard InChI is InChI=1S/C19H19N/c1-15-7-2-3-9-17(15)13-20-14-18-11-6-10-16-8-4-5-12-19(16)18/h2-12,20H,13-14H2,1H3. The summed E-state index contributed by atoms with van der Waals surface area (Å²) < 4.78 is 0. The SMILES string of the molecule is Cc1ccccc1CNCc1cccc2ccccc12. The van der Waals surface area contributed by atoms with Gasteiger partial charge in [-0.05, 0) is 34.4 Å². The third kappa shape index (κ3) is 2.73. The van der Waals surface area contributed by atoms with Crippen LogP contribution in [0.5, 0.6) is 0 Å². The van der Waals surface area contributed by atoms with Gasteiger partial charge in [0.25, 0.3) is 0 Å². The molecule has 0 saturated carbocycles. The molecule has 0 aliphatic carbocycles. The minimum absolute atomic E-state index is 0.898. The van der Waals surface area contributed by atoms with Gasteiger partial charge in [0.15, 0.2) is 0 Å². The predicted octanol–water partition coefficient (Wildman–Crippen LogP) is 4.44. The van der Waals surface area contributed by atoms with Gasteiger partial charge < -0.3 is 5.32 Å². The van der Waals surface area contributed by atoms with E-state index in [1.807, 2.05) is 0 Å². The van der Waals surface area contributed by atoms with E-state index >= 15 is 0 Å². The third-order valence-electron chi connectivity index (χ3n) is 3.77. The molecule has 0 amide bonds. The Morgan fingerprint density at radius 3 is 2.25 bits per heavy atom. The summed E-state index contributed by atoms with van der Waals surface area (Å²) in [6.45, 7) is 3.97. The maximum atomic E-state index is 3.55. The average Bonchev–Trinajstić information content (AvgIpc) is 2.49. The molecule has 0 aliphatic rings. The number of fused-ring (bicyclic) bond motifs is 1. The van der Waals surface area contributed by atoms with E-state index in [4.69, 9.17) is 0 Å². The normalized spacial score (nSPS) is 10.8. The van der Waals surface area contributed by atoms with Gasteiger partial charge in [0.1, 0.15) is 0 Å². The van der Waals surface area contributed by atoms with Crippen LogP contribution in [0.15, 0.2) is 66.7 Å². The van der Waals surface area contributed by atoms with Gasteiger partial charge >= 0.3 is 0 Å². The summed E-state index contributed by atoms with van der Waals surface area (Å²) >= 11 is 0. The van der Waals surface area contributed by atoms with Crippen LogP contribution >= 0.6 is 0 Å². The molecule has 3 aromatic carbocycles. The number of nitrogens with one attached hydrogen (secondary N) is 1. The highest BCUT2D eigenvalue weighted by Crippen LogP contribution is 2.18. The molecule has 0 unspecified atom stereocenters. The lowest BCUT2D eigenvalue weighted by Gasteiger charge is -2.10. The second kappa shape index (κ2) is 5.89. The Morgan fingerprint density at radius 2 is 1.35 bits per heavy atom. The van der Waals surface area contributed by atoms with Gasteiger partial charge in [0, 0.05) is 13.1 Å². The van der Waals surface area contributed by atoms with Crippen LogP contribution in [0, 0.1) is 6.92 Å². The van der Waals surface area contributed by atoms with Crippen LogP contribution < -0.4 is 5.32 Å². The van der Waals surface area contributed by atoms with Crippen molar-refractivity contribution in [3.8, 4) is 0 Å². The van der Waals surface area contributed by atoms with E-state index < -0.39 is 0 Å². The van der Waals surface area contributed by atoms with E-state index in [-0.39, 0.29) is 0 Å². The molecular formula is C19H19N. The monoisotopic (exact) mass is 261 g/mol. The summed E-state index contributed by atoms with van der Waals surface area (Å²) in [5, 5.41) is 6.20. The first kappa shape index (κ1) is 12.9. The summed E-state index contributed by atoms with van der Waals surface area (Å²) in [7, 11) is 0. The molecule has 0 fully saturated rings. The molecule has 0 bridgehead atoms. The molecule has 0 spiro atoms. The summed E-state index contributed by atoms with van der Waals surface area (Å²) in [5.74, 6) is 0. The van der Waals surface area contributed by atoms with Crippen molar-refractivity contribution in [2.45, 2.75) is 20.0 Å². The van der Waals surface area contributed by atoms with Crippen molar-refractivity contribution in [1.82, 2.24) is 5.32 Å². The number of benzene rings is 3. The lowest BCUT2D eigenvalue weighted by molar-refractivity contribution is 0.694. The highest BCUT2D eigenvalue weighted by atomic mass is 14.8. The molecule has 1 heteroatoms. The molecule has 0 aliphatic heterocycles. The van der Waals surface area contributed by atoms with Crippen molar-refractivity contribution in [3.63, 3.8) is 0 Å². The van der Waals surface area contributed by atoms with Crippen LogP contribution in [-0.2, 0) is 13.1 Å². The fourth-order valence-corrected chi connectivity index (χ4v) is 2.59. The Labute approximate surface area is 120 Å². The quantitative estimate of drug-likeness (QED) is 0.732. The first-order chi connectivity index (χ1) is 9.84. The molecule has 0 heterocycles. The average molecular weight is 261 g/mol. The third-order valence-corrected chi connectivity index (χ3v) is 3.77. The minimum atomic E-state index is 0.898. The summed E-state index contributed by atoms with van der Waals surface area (Å²) in [6, 6.07) is 23.6. The van der Waals surface area contributed by atoms with Gasteiger partial charge in [-0.15, -0.1) is 0 Å². The molecule has 100 valence electrons. The van der Waals surface area contributed by atoms with Crippen LogP contribution in [0.25, 0.3) is 10.8 Å². The van der Waals surface area contributed by atoms with E-state index in [2.05, 4.69) is 79.0 Å². The molecule has 20 heavy (non-hydrogen) atoms. The van der Waals surface area contributed by atoms with Crippen LogP contribution in [0.2, 0.25) is 0 Å². The molecule has 1 nitrogen and oxygen atoms in total. The van der Waals surface area contributed by atoms with Gasteiger partial charge in [0.05, 0.1) is 0 Å². The van der Waals surface area contributed by atoms with E-state index in [9.17, 15) is 0 Å². The van der Waals surface area contributed by atoms with Crippen molar-refractivity contribution in [3.05, 3.63) is 83.4 Å². The highest BCUT2D eigenvalue weighted by Gasteiger charge is 2.01. The van der Waals surface area contributed by atoms with Crippen molar-refractivity contribution in [2.75, 3.05) is 0 Å². The molecule has 0 saturated heterocycles. The van der Waals surface area contributed by atoms with Gasteiger partial charge in [-0.25, -0.2) is 0 Å². The largest absolute Gasteiger partial charge is 0.309 e. The van der Waals surface area contributed by atoms with Crippen molar-refractivity contribution >= 4 is 10.8 Å². The summed E-state index contributed by atoms with van der Waals surface area (Å²) in [6.07, 6.45) is 0. The molecule has 0 atom stereocenters. The van der Waals surface area contributed by atoms with Crippen molar-refractivity contribution in [1.29, 1.82) is 0 Å². The van der Waals surface area contributed by atoms with Crippen LogP contribution in [0.4, 0.5) is 0 Å². The molecule has 3 rings (SSSR count). The Bertz CT molecular complexity index is 710. The van der Waals surface area contributed by atoms with Crippen LogP contribution in [-0.4, -0.2) is 0 Å². The molecule has 1 N–H and O–H groups in total. The lowest BCUT2D eigenvalue weighted by Crippen LogP contribution is -2.13. The zero-order chi connectivity index (χ0) is 13.8. The number of hydrogen-bond donors (Lipinski definition) is 1. The fourth-order valence-electron chi connectivity index (χ4n) is 2.59. The Kier molecular flexibility index (Phi) is 3.80. The highest BCUT2D eigenvalue weighted by molar-refractivity contribution is 5.85. The van der Waals surface area contributed by atoms with E-state index in [1.165, 1.54) is 27.5 Å². The molecular weight excluding hydrogens is 242 g/mol. The number of aryl methyl sites for hydroxylation is 1. The van der Waals surface area contributed by atoms with Crippen molar-refractivity contribution < 1.29 is 0 Å². The Balaban J connectivity index is 1.73. The second-order valence-electron chi connectivity index (χ2n) is 5.17. The van der Waals surface area contributed by atoms with Crippen molar-refractivity contribution in [2.24, 2.45) is 0 Å². The fraction of sp³-hybridized carbons (Fsp3) is 0.158. The van der Waals surface area contributed by atoms with Crippen LogP contribution in [0.1, 0.15) is 16.7 Å². The molecule has 3 aromatic rings. The molecule has 0 radical (unpaired) electrons. The zero-order valence-corrected chi connectivity index (χ0v) is 11.8. The topological polar surface area (TPSA) is 12.0 Å². The number of rotatable bonds is 4.